The van der Waals surface area contributed by atoms with E-state index in [1.165, 1.54) is 0 Å². The molecule has 2 rings (SSSR count). The molecule has 0 radical (unpaired) electrons. The molecule has 2 fully saturated rings. The van der Waals surface area contributed by atoms with Gasteiger partial charge in [0.05, 0.1) is 5.25 Å². The van der Waals surface area contributed by atoms with E-state index in [4.69, 9.17) is 0 Å². The molecule has 1 N–H and O–H groups in total. The Morgan fingerprint density at radius 1 is 1.32 bits per heavy atom. The van der Waals surface area contributed by atoms with Gasteiger partial charge in [-0.15, -0.1) is 12.4 Å². The lowest BCUT2D eigenvalue weighted by molar-refractivity contribution is -0.131. The van der Waals surface area contributed by atoms with Crippen molar-refractivity contribution in [2.24, 2.45) is 0 Å². The van der Waals surface area contributed by atoms with Gasteiger partial charge in [0.1, 0.15) is 5.75 Å². The molecule has 0 aromatic carbocycles. The molecular formula is C12H23ClN2O3S. The van der Waals surface area contributed by atoms with E-state index in [1.807, 2.05) is 6.92 Å². The highest BCUT2D eigenvalue weighted by atomic mass is 35.5. The van der Waals surface area contributed by atoms with Crippen LogP contribution in [0.1, 0.15) is 32.6 Å². The van der Waals surface area contributed by atoms with Crippen LogP contribution in [0.3, 0.4) is 0 Å². The molecule has 1 heterocycles. The van der Waals surface area contributed by atoms with Crippen LogP contribution >= 0.6 is 12.4 Å². The van der Waals surface area contributed by atoms with Gasteiger partial charge in [-0.1, -0.05) is 12.8 Å². The third-order valence-electron chi connectivity index (χ3n) is 3.96. The van der Waals surface area contributed by atoms with Crippen LogP contribution in [0.2, 0.25) is 0 Å². The monoisotopic (exact) mass is 310 g/mol. The van der Waals surface area contributed by atoms with E-state index in [0.717, 1.165) is 38.8 Å². The Morgan fingerprint density at radius 2 is 1.95 bits per heavy atom. The number of nitrogens with one attached hydrogen (secondary N) is 1. The Labute approximate surface area is 121 Å². The molecule has 1 atom stereocenters. The number of carbonyl (C=O) groups is 1. The van der Waals surface area contributed by atoms with Gasteiger partial charge in [-0.3, -0.25) is 4.79 Å². The van der Waals surface area contributed by atoms with Crippen LogP contribution in [0.4, 0.5) is 0 Å². The highest BCUT2D eigenvalue weighted by molar-refractivity contribution is 7.92. The van der Waals surface area contributed by atoms with Crippen molar-refractivity contribution in [3.05, 3.63) is 0 Å². The van der Waals surface area contributed by atoms with E-state index >= 15 is 0 Å². The van der Waals surface area contributed by atoms with Gasteiger partial charge in [0, 0.05) is 25.7 Å². The van der Waals surface area contributed by atoms with Crippen LogP contribution in [0.5, 0.6) is 0 Å². The second-order valence-electron chi connectivity index (χ2n) is 5.35. The van der Waals surface area contributed by atoms with Crippen molar-refractivity contribution < 1.29 is 13.2 Å². The lowest BCUT2D eigenvalue weighted by Crippen LogP contribution is -2.53. The fourth-order valence-corrected chi connectivity index (χ4v) is 4.63. The van der Waals surface area contributed by atoms with E-state index < -0.39 is 9.84 Å². The molecule has 2 aliphatic rings. The zero-order valence-corrected chi connectivity index (χ0v) is 12.9. The molecule has 5 nitrogen and oxygen atoms in total. The molecule has 0 aromatic rings. The van der Waals surface area contributed by atoms with Gasteiger partial charge in [-0.2, -0.15) is 0 Å². The predicted molar refractivity (Wildman–Crippen MR) is 77.3 cm³/mol. The zero-order chi connectivity index (χ0) is 13.2. The maximum Gasteiger partial charge on any atom is 0.238 e. The van der Waals surface area contributed by atoms with Gasteiger partial charge < -0.3 is 10.2 Å². The number of halogens is 1. The van der Waals surface area contributed by atoms with Crippen molar-refractivity contribution in [3.63, 3.8) is 0 Å². The highest BCUT2D eigenvalue weighted by Crippen LogP contribution is 2.25. The summed E-state index contributed by atoms with van der Waals surface area (Å²) in [6.45, 7) is 4.06. The number of sulfone groups is 1. The Balaban J connectivity index is 0.00000180. The Morgan fingerprint density at radius 3 is 2.53 bits per heavy atom. The minimum atomic E-state index is -3.24. The van der Waals surface area contributed by atoms with Gasteiger partial charge in [-0.05, 0) is 19.8 Å². The van der Waals surface area contributed by atoms with Crippen molar-refractivity contribution in [2.75, 3.05) is 25.4 Å². The van der Waals surface area contributed by atoms with Crippen molar-refractivity contribution in [1.82, 2.24) is 10.2 Å². The number of carbonyl (C=O) groups excluding carboxylic acids is 1. The lowest BCUT2D eigenvalue weighted by atomic mass is 10.2. The van der Waals surface area contributed by atoms with E-state index in [-0.39, 0.29) is 35.4 Å². The number of rotatable bonds is 3. The summed E-state index contributed by atoms with van der Waals surface area (Å²) in [5.74, 6) is -0.530. The van der Waals surface area contributed by atoms with Crippen LogP contribution < -0.4 is 5.32 Å². The number of hydrogen-bond donors (Lipinski definition) is 1. The minimum Gasteiger partial charge on any atom is -0.337 e. The molecule has 0 unspecified atom stereocenters. The summed E-state index contributed by atoms with van der Waals surface area (Å²) in [6.07, 6.45) is 3.41. The highest BCUT2D eigenvalue weighted by Gasteiger charge is 2.33. The molecule has 1 saturated carbocycles. The van der Waals surface area contributed by atoms with Crippen LogP contribution in [-0.2, 0) is 14.6 Å². The average Bonchev–Trinajstić information content (AvgIpc) is 2.82. The molecule has 1 amide bonds. The maximum absolute atomic E-state index is 12.1. The minimum absolute atomic E-state index is 0. The largest absolute Gasteiger partial charge is 0.337 e. The molecule has 7 heteroatoms. The van der Waals surface area contributed by atoms with Crippen LogP contribution in [-0.4, -0.2) is 55.9 Å². The first-order valence-corrected chi connectivity index (χ1v) is 8.44. The number of nitrogens with zero attached hydrogens (tertiary/aromatic N) is 1. The molecule has 0 bridgehead atoms. The van der Waals surface area contributed by atoms with E-state index in [1.54, 1.807) is 4.90 Å². The summed E-state index contributed by atoms with van der Waals surface area (Å²) in [5, 5.41) is 2.92. The lowest BCUT2D eigenvalue weighted by Gasteiger charge is -2.34. The summed E-state index contributed by atoms with van der Waals surface area (Å²) in [6, 6.07) is 0.0880. The molecule has 1 saturated heterocycles. The fourth-order valence-electron chi connectivity index (χ4n) is 2.83. The zero-order valence-electron chi connectivity index (χ0n) is 11.3. The van der Waals surface area contributed by atoms with E-state index in [9.17, 15) is 13.2 Å². The van der Waals surface area contributed by atoms with Crippen molar-refractivity contribution in [2.45, 2.75) is 43.9 Å². The quantitative estimate of drug-likeness (QED) is 0.828. The SMILES string of the molecule is C[C@H]1CNCCN1C(=O)CS(=O)(=O)C1CCCC1.Cl. The van der Waals surface area contributed by atoms with Gasteiger partial charge >= 0.3 is 0 Å². The third kappa shape index (κ3) is 4.07. The van der Waals surface area contributed by atoms with Crippen LogP contribution in [0.15, 0.2) is 0 Å². The van der Waals surface area contributed by atoms with Crippen LogP contribution in [0, 0.1) is 0 Å². The summed E-state index contributed by atoms with van der Waals surface area (Å²) >= 11 is 0. The van der Waals surface area contributed by atoms with E-state index in [2.05, 4.69) is 5.32 Å². The molecule has 112 valence electrons. The number of piperazine rings is 1. The Hall–Kier alpha value is -0.330. The first kappa shape index (κ1) is 16.7. The maximum atomic E-state index is 12.1. The predicted octanol–water partition coefficient (Wildman–Crippen LogP) is 0.586. The first-order chi connectivity index (χ1) is 8.50. The van der Waals surface area contributed by atoms with Crippen molar-refractivity contribution in [1.29, 1.82) is 0 Å². The van der Waals surface area contributed by atoms with Crippen LogP contribution in [0.25, 0.3) is 0 Å². The molecule has 0 spiro atoms. The van der Waals surface area contributed by atoms with Gasteiger partial charge in [0.2, 0.25) is 5.91 Å². The van der Waals surface area contributed by atoms with Gasteiger partial charge in [-0.25, -0.2) is 8.42 Å². The smallest absolute Gasteiger partial charge is 0.238 e. The molecule has 1 aliphatic heterocycles. The second-order valence-corrected chi connectivity index (χ2v) is 7.64. The number of amides is 1. The first-order valence-electron chi connectivity index (χ1n) is 6.72. The van der Waals surface area contributed by atoms with Gasteiger partial charge in [0.15, 0.2) is 9.84 Å². The molecular weight excluding hydrogens is 288 g/mol. The fraction of sp³-hybridized carbons (Fsp3) is 0.917. The average molecular weight is 311 g/mol. The van der Waals surface area contributed by atoms with Crippen molar-refractivity contribution >= 4 is 28.2 Å². The molecule has 1 aliphatic carbocycles. The third-order valence-corrected chi connectivity index (χ3v) is 6.09. The summed E-state index contributed by atoms with van der Waals surface area (Å²) in [4.78, 5) is 13.8. The number of hydrogen-bond acceptors (Lipinski definition) is 4. The topological polar surface area (TPSA) is 66.5 Å². The second kappa shape index (κ2) is 6.90. The Kier molecular flexibility index (Phi) is 6.08. The van der Waals surface area contributed by atoms with E-state index in [0.29, 0.717) is 6.54 Å². The summed E-state index contributed by atoms with van der Waals surface area (Å²) in [7, 11) is -3.24. The summed E-state index contributed by atoms with van der Waals surface area (Å²) in [5.41, 5.74) is 0. The van der Waals surface area contributed by atoms with Gasteiger partial charge in [0.25, 0.3) is 0 Å². The van der Waals surface area contributed by atoms with Crippen molar-refractivity contribution in [3.8, 4) is 0 Å². The normalized spacial score (nSPS) is 25.1. The summed E-state index contributed by atoms with van der Waals surface area (Å²) < 4.78 is 24.3. The Bertz CT molecular complexity index is 407. The molecule has 19 heavy (non-hydrogen) atoms. The molecule has 0 aromatic heterocycles. The standard InChI is InChI=1S/C12H22N2O3S.ClH/c1-10-8-13-6-7-14(10)12(15)9-18(16,17)11-4-2-3-5-11;/h10-11,13H,2-9H2,1H3;1H/t10-;/m0./s1.